The smallest absolute Gasteiger partial charge is 0.243 e. The van der Waals surface area contributed by atoms with Gasteiger partial charge in [-0.25, -0.2) is 8.42 Å². The Labute approximate surface area is 210 Å². The molecule has 0 saturated carbocycles. The molecular formula is C26H29BrN2O4S. The summed E-state index contributed by atoms with van der Waals surface area (Å²) >= 11 is 3.45. The maximum absolute atomic E-state index is 13.6. The Kier molecular flexibility index (Phi) is 8.52. The number of sulfonamides is 1. The zero-order chi connectivity index (χ0) is 24.9. The number of rotatable bonds is 9. The molecule has 0 aliphatic carbocycles. The Morgan fingerprint density at radius 3 is 2.21 bits per heavy atom. The molecule has 0 bridgehead atoms. The third-order valence-electron chi connectivity index (χ3n) is 5.37. The fourth-order valence-corrected chi connectivity index (χ4v) is 5.87. The van der Waals surface area contributed by atoms with E-state index in [0.717, 1.165) is 21.2 Å². The van der Waals surface area contributed by atoms with E-state index in [0.29, 0.717) is 23.6 Å². The van der Waals surface area contributed by atoms with E-state index in [1.807, 2.05) is 63.2 Å². The minimum atomic E-state index is -3.96. The van der Waals surface area contributed by atoms with Crippen LogP contribution < -0.4 is 10.1 Å². The molecular weight excluding hydrogens is 516 g/mol. The lowest BCUT2D eigenvalue weighted by atomic mass is 10.1. The maximum Gasteiger partial charge on any atom is 0.243 e. The predicted octanol–water partition coefficient (Wildman–Crippen LogP) is 5.60. The zero-order valence-corrected chi connectivity index (χ0v) is 22.2. The molecule has 0 heterocycles. The Morgan fingerprint density at radius 2 is 1.62 bits per heavy atom. The average molecular weight is 545 g/mol. The number of aryl methyl sites for hydroxylation is 3. The Bertz CT molecular complexity index is 1250. The van der Waals surface area contributed by atoms with Crippen LogP contribution in [0.1, 0.15) is 29.2 Å². The Morgan fingerprint density at radius 1 is 0.971 bits per heavy atom. The second-order valence-electron chi connectivity index (χ2n) is 8.08. The second-order valence-corrected chi connectivity index (χ2v) is 10.9. The van der Waals surface area contributed by atoms with Gasteiger partial charge >= 0.3 is 0 Å². The third kappa shape index (κ3) is 6.25. The summed E-state index contributed by atoms with van der Waals surface area (Å²) < 4.78 is 34.9. The van der Waals surface area contributed by atoms with Crippen LogP contribution in [0.2, 0.25) is 0 Å². The van der Waals surface area contributed by atoms with Crippen LogP contribution in [-0.2, 0) is 21.4 Å². The van der Waals surface area contributed by atoms with Gasteiger partial charge in [0.2, 0.25) is 15.9 Å². The summed E-state index contributed by atoms with van der Waals surface area (Å²) in [5, 5.41) is 2.90. The van der Waals surface area contributed by atoms with Gasteiger partial charge in [0.1, 0.15) is 5.75 Å². The van der Waals surface area contributed by atoms with Crippen LogP contribution in [0.3, 0.4) is 0 Å². The lowest BCUT2D eigenvalue weighted by Crippen LogP contribution is -2.37. The first kappa shape index (κ1) is 25.9. The molecule has 0 aliphatic rings. The fourth-order valence-electron chi connectivity index (χ4n) is 3.71. The molecule has 34 heavy (non-hydrogen) atoms. The van der Waals surface area contributed by atoms with E-state index in [9.17, 15) is 13.2 Å². The lowest BCUT2D eigenvalue weighted by Gasteiger charge is -2.23. The number of ether oxygens (including phenoxy) is 1. The maximum atomic E-state index is 13.6. The van der Waals surface area contributed by atoms with Gasteiger partial charge in [-0.2, -0.15) is 4.31 Å². The molecule has 0 aromatic heterocycles. The molecule has 8 heteroatoms. The lowest BCUT2D eigenvalue weighted by molar-refractivity contribution is -0.116. The van der Waals surface area contributed by atoms with Crippen molar-refractivity contribution in [2.24, 2.45) is 0 Å². The molecule has 0 spiro atoms. The van der Waals surface area contributed by atoms with Crippen LogP contribution in [0.15, 0.2) is 70.0 Å². The number of hydrogen-bond acceptors (Lipinski definition) is 4. The summed E-state index contributed by atoms with van der Waals surface area (Å²) in [6.07, 6.45) is 0. The molecule has 0 radical (unpaired) electrons. The van der Waals surface area contributed by atoms with E-state index in [4.69, 9.17) is 4.74 Å². The number of hydrogen-bond donors (Lipinski definition) is 1. The van der Waals surface area contributed by atoms with E-state index in [1.165, 1.54) is 10.4 Å². The number of amides is 1. The van der Waals surface area contributed by atoms with Gasteiger partial charge < -0.3 is 10.1 Å². The summed E-state index contributed by atoms with van der Waals surface area (Å²) in [4.78, 5) is 13.2. The molecule has 180 valence electrons. The van der Waals surface area contributed by atoms with Gasteiger partial charge in [0.05, 0.1) is 18.0 Å². The van der Waals surface area contributed by atoms with Crippen molar-refractivity contribution in [3.63, 3.8) is 0 Å². The van der Waals surface area contributed by atoms with E-state index < -0.39 is 15.9 Å². The molecule has 0 aliphatic heterocycles. The minimum absolute atomic E-state index is 0.0706. The molecule has 3 aromatic rings. The van der Waals surface area contributed by atoms with E-state index in [-0.39, 0.29) is 18.0 Å². The van der Waals surface area contributed by atoms with Crippen molar-refractivity contribution >= 4 is 37.5 Å². The summed E-state index contributed by atoms with van der Waals surface area (Å²) in [6, 6.07) is 17.8. The van der Waals surface area contributed by atoms with Crippen LogP contribution in [0.25, 0.3) is 0 Å². The van der Waals surface area contributed by atoms with Crippen molar-refractivity contribution in [2.75, 3.05) is 18.5 Å². The largest absolute Gasteiger partial charge is 0.494 e. The minimum Gasteiger partial charge on any atom is -0.494 e. The number of nitrogens with one attached hydrogen (secondary N) is 1. The number of nitrogens with zero attached hydrogens (tertiary/aromatic N) is 1. The summed E-state index contributed by atoms with van der Waals surface area (Å²) in [7, 11) is -3.96. The average Bonchev–Trinajstić information content (AvgIpc) is 2.78. The topological polar surface area (TPSA) is 75.7 Å². The van der Waals surface area contributed by atoms with Gasteiger partial charge in [0, 0.05) is 16.7 Å². The number of halogens is 1. The highest BCUT2D eigenvalue weighted by Crippen LogP contribution is 2.27. The highest BCUT2D eigenvalue weighted by Gasteiger charge is 2.28. The van der Waals surface area contributed by atoms with Crippen molar-refractivity contribution in [3.8, 4) is 5.75 Å². The van der Waals surface area contributed by atoms with E-state index >= 15 is 0 Å². The van der Waals surface area contributed by atoms with E-state index in [2.05, 4.69) is 21.2 Å². The van der Waals surface area contributed by atoms with Gasteiger partial charge in [-0.1, -0.05) is 46.3 Å². The molecule has 0 saturated heterocycles. The first-order chi connectivity index (χ1) is 16.1. The summed E-state index contributed by atoms with van der Waals surface area (Å²) in [5.41, 5.74) is 3.97. The van der Waals surface area contributed by atoms with Gasteiger partial charge in [-0.3, -0.25) is 4.79 Å². The van der Waals surface area contributed by atoms with Gasteiger partial charge in [0.25, 0.3) is 0 Å². The molecule has 3 aromatic carbocycles. The van der Waals surface area contributed by atoms with Crippen molar-refractivity contribution in [1.29, 1.82) is 0 Å². The third-order valence-corrected chi connectivity index (χ3v) is 7.61. The van der Waals surface area contributed by atoms with Gasteiger partial charge in [0.15, 0.2) is 0 Å². The number of anilines is 1. The SMILES string of the molecule is CCOc1ccc(S(=O)(=O)N(CC(=O)Nc2c(C)cc(Br)cc2C)Cc2ccccc2)cc1C. The van der Waals surface area contributed by atoms with Crippen molar-refractivity contribution in [1.82, 2.24) is 4.31 Å². The number of carbonyl (C=O) groups excluding carboxylic acids is 1. The van der Waals surface area contributed by atoms with Crippen LogP contribution >= 0.6 is 15.9 Å². The highest BCUT2D eigenvalue weighted by molar-refractivity contribution is 9.10. The van der Waals surface area contributed by atoms with Gasteiger partial charge in [-0.15, -0.1) is 0 Å². The normalized spacial score (nSPS) is 11.5. The zero-order valence-electron chi connectivity index (χ0n) is 19.8. The van der Waals surface area contributed by atoms with Crippen LogP contribution in [-0.4, -0.2) is 31.8 Å². The number of benzene rings is 3. The first-order valence-corrected chi connectivity index (χ1v) is 13.2. The standard InChI is InChI=1S/C26H29BrN2O4S/c1-5-33-24-12-11-23(15-18(24)2)34(31,32)29(16-21-9-7-6-8-10-21)17-25(30)28-26-19(3)13-22(27)14-20(26)4/h6-15H,5,16-17H2,1-4H3,(H,28,30). The second kappa shape index (κ2) is 11.2. The van der Waals surface area contributed by atoms with Crippen molar-refractivity contribution in [3.05, 3.63) is 87.4 Å². The molecule has 0 fully saturated rings. The Hall–Kier alpha value is -2.68. The number of carbonyl (C=O) groups is 1. The molecule has 1 amide bonds. The molecule has 1 N–H and O–H groups in total. The molecule has 0 unspecified atom stereocenters. The van der Waals surface area contributed by atoms with Gasteiger partial charge in [-0.05, 0) is 80.3 Å². The van der Waals surface area contributed by atoms with Crippen molar-refractivity contribution in [2.45, 2.75) is 39.1 Å². The summed E-state index contributed by atoms with van der Waals surface area (Å²) in [6.45, 7) is 7.71. The van der Waals surface area contributed by atoms with Crippen molar-refractivity contribution < 1.29 is 17.9 Å². The molecule has 3 rings (SSSR count). The van der Waals surface area contributed by atoms with Crippen LogP contribution in [0.4, 0.5) is 5.69 Å². The monoisotopic (exact) mass is 544 g/mol. The highest BCUT2D eigenvalue weighted by atomic mass is 79.9. The predicted molar refractivity (Wildman–Crippen MR) is 139 cm³/mol. The Balaban J connectivity index is 1.92. The first-order valence-electron chi connectivity index (χ1n) is 11.0. The van der Waals surface area contributed by atoms with Crippen LogP contribution in [0, 0.1) is 20.8 Å². The molecule has 6 nitrogen and oxygen atoms in total. The van der Waals surface area contributed by atoms with E-state index in [1.54, 1.807) is 19.1 Å². The quantitative estimate of drug-likeness (QED) is 0.380. The fraction of sp³-hybridized carbons (Fsp3) is 0.269. The molecule has 0 atom stereocenters. The summed E-state index contributed by atoms with van der Waals surface area (Å²) in [5.74, 6) is 0.227. The van der Waals surface area contributed by atoms with Crippen LogP contribution in [0.5, 0.6) is 5.75 Å².